The van der Waals surface area contributed by atoms with Crippen LogP contribution in [-0.4, -0.2) is 22.6 Å². The van der Waals surface area contributed by atoms with E-state index in [0.29, 0.717) is 27.8 Å². The number of nitrogens with two attached hydrogens (primary N) is 1. The molecule has 0 radical (unpaired) electrons. The van der Waals surface area contributed by atoms with E-state index >= 15 is 0 Å². The minimum atomic E-state index is -0.581. The van der Waals surface area contributed by atoms with Crippen molar-refractivity contribution in [1.82, 2.24) is 9.97 Å². The van der Waals surface area contributed by atoms with Gasteiger partial charge in [0.2, 0.25) is 0 Å². The minimum absolute atomic E-state index is 0.0903. The summed E-state index contributed by atoms with van der Waals surface area (Å²) in [7, 11) is 0. The highest BCUT2D eigenvalue weighted by molar-refractivity contribution is 6.06. The maximum absolute atomic E-state index is 14.8. The highest BCUT2D eigenvalue weighted by Crippen LogP contribution is 2.29. The van der Waals surface area contributed by atoms with Crippen molar-refractivity contribution in [3.05, 3.63) is 46.3 Å². The van der Waals surface area contributed by atoms with Crippen LogP contribution >= 0.6 is 0 Å². The molecule has 1 aromatic carbocycles. The van der Waals surface area contributed by atoms with Gasteiger partial charge >= 0.3 is 0 Å². The van der Waals surface area contributed by atoms with Crippen LogP contribution in [0.1, 0.15) is 26.0 Å². The zero-order chi connectivity index (χ0) is 18.1. The standard InChI is InChI=1S/C19H22FN3O2/c1-10(2)8-12(21)9-25-15-5-4-14-13-6-7-22-11(3)16(13)19(24)23-18(14)17(15)20/h4-7,10,12H,8-9,21H2,1-3H3,(H,23,24)/t12-/m0/s1. The summed E-state index contributed by atoms with van der Waals surface area (Å²) in [6.45, 7) is 6.13. The second-order valence-electron chi connectivity index (χ2n) is 6.77. The topological polar surface area (TPSA) is 81.0 Å². The first-order valence-corrected chi connectivity index (χ1v) is 8.36. The normalized spacial score (nSPS) is 12.9. The quantitative estimate of drug-likeness (QED) is 0.697. The molecule has 2 heterocycles. The molecule has 0 fully saturated rings. The summed E-state index contributed by atoms with van der Waals surface area (Å²) in [5, 5.41) is 1.77. The van der Waals surface area contributed by atoms with Crippen molar-refractivity contribution in [3.8, 4) is 5.75 Å². The first-order valence-electron chi connectivity index (χ1n) is 8.36. The largest absolute Gasteiger partial charge is 0.489 e. The number of ether oxygens (including phenoxy) is 1. The number of H-pyrrole nitrogens is 1. The average molecular weight is 343 g/mol. The Morgan fingerprint density at radius 2 is 2.04 bits per heavy atom. The van der Waals surface area contributed by atoms with Crippen molar-refractivity contribution in [1.29, 1.82) is 0 Å². The number of aryl methyl sites for hydroxylation is 1. The van der Waals surface area contributed by atoms with E-state index in [1.165, 1.54) is 0 Å². The lowest BCUT2D eigenvalue weighted by Gasteiger charge is -2.16. The third-order valence-corrected chi connectivity index (χ3v) is 4.23. The molecule has 0 saturated carbocycles. The molecule has 5 nitrogen and oxygen atoms in total. The Hall–Kier alpha value is -2.47. The fourth-order valence-electron chi connectivity index (χ4n) is 3.14. The van der Waals surface area contributed by atoms with Crippen molar-refractivity contribution in [2.24, 2.45) is 11.7 Å². The maximum Gasteiger partial charge on any atom is 0.258 e. The van der Waals surface area contributed by atoms with Crippen LogP contribution in [0.25, 0.3) is 21.7 Å². The third kappa shape index (κ3) is 3.35. The lowest BCUT2D eigenvalue weighted by Crippen LogP contribution is -2.29. The van der Waals surface area contributed by atoms with Crippen LogP contribution < -0.4 is 16.0 Å². The first-order chi connectivity index (χ1) is 11.9. The number of rotatable bonds is 5. The zero-order valence-corrected chi connectivity index (χ0v) is 14.6. The van der Waals surface area contributed by atoms with Crippen molar-refractivity contribution in [2.45, 2.75) is 33.2 Å². The minimum Gasteiger partial charge on any atom is -0.489 e. The number of halogens is 1. The van der Waals surface area contributed by atoms with Crippen molar-refractivity contribution < 1.29 is 9.13 Å². The van der Waals surface area contributed by atoms with E-state index < -0.39 is 5.82 Å². The summed E-state index contributed by atoms with van der Waals surface area (Å²) in [5.74, 6) is -0.0465. The Labute approximate surface area is 145 Å². The number of hydrogen-bond donors (Lipinski definition) is 2. The van der Waals surface area contributed by atoms with E-state index in [2.05, 4.69) is 23.8 Å². The van der Waals surface area contributed by atoms with Crippen molar-refractivity contribution in [2.75, 3.05) is 6.61 Å². The predicted octanol–water partition coefficient (Wildman–Crippen LogP) is 3.28. The molecule has 3 rings (SSSR count). The maximum atomic E-state index is 14.8. The van der Waals surface area contributed by atoms with Gasteiger partial charge in [0.05, 0.1) is 16.6 Å². The highest BCUT2D eigenvalue weighted by atomic mass is 19.1. The molecule has 0 amide bonds. The van der Waals surface area contributed by atoms with Gasteiger partial charge in [0, 0.05) is 17.6 Å². The molecule has 132 valence electrons. The fourth-order valence-corrected chi connectivity index (χ4v) is 3.14. The van der Waals surface area contributed by atoms with Gasteiger partial charge in [0.25, 0.3) is 5.56 Å². The van der Waals surface area contributed by atoms with Crippen molar-refractivity contribution >= 4 is 21.7 Å². The van der Waals surface area contributed by atoms with E-state index in [0.717, 1.165) is 6.42 Å². The number of aromatic nitrogens is 2. The fraction of sp³-hybridized carbons (Fsp3) is 0.368. The summed E-state index contributed by atoms with van der Waals surface area (Å²) in [6, 6.07) is 4.88. The molecule has 0 saturated heterocycles. The lowest BCUT2D eigenvalue weighted by atomic mass is 10.1. The molecule has 0 aliphatic carbocycles. The Kier molecular flexibility index (Phi) is 4.72. The lowest BCUT2D eigenvalue weighted by molar-refractivity contribution is 0.261. The van der Waals surface area contributed by atoms with Gasteiger partial charge in [-0.05, 0) is 42.8 Å². The van der Waals surface area contributed by atoms with Gasteiger partial charge in [0.1, 0.15) is 6.61 Å². The number of hydrogen-bond acceptors (Lipinski definition) is 4. The predicted molar refractivity (Wildman–Crippen MR) is 97.5 cm³/mol. The van der Waals surface area contributed by atoms with Crippen LogP contribution in [0.2, 0.25) is 0 Å². The summed E-state index contributed by atoms with van der Waals surface area (Å²) >= 11 is 0. The number of fused-ring (bicyclic) bond motifs is 3. The van der Waals surface area contributed by atoms with Gasteiger partial charge in [0.15, 0.2) is 11.6 Å². The molecule has 25 heavy (non-hydrogen) atoms. The SMILES string of the molecule is Cc1nccc2c1c(=O)[nH]c1c(F)c(OC[C@@H](N)CC(C)C)ccc12. The molecule has 6 heteroatoms. The highest BCUT2D eigenvalue weighted by Gasteiger charge is 2.15. The molecule has 0 aliphatic heterocycles. The Morgan fingerprint density at radius 3 is 2.76 bits per heavy atom. The molecular weight excluding hydrogens is 321 g/mol. The second kappa shape index (κ2) is 6.80. The van der Waals surface area contributed by atoms with Crippen LogP contribution in [0.5, 0.6) is 5.75 Å². The number of nitrogens with zero attached hydrogens (tertiary/aromatic N) is 1. The van der Waals surface area contributed by atoms with Gasteiger partial charge in [-0.3, -0.25) is 9.78 Å². The van der Waals surface area contributed by atoms with Crippen LogP contribution in [0.15, 0.2) is 29.2 Å². The third-order valence-electron chi connectivity index (χ3n) is 4.23. The van der Waals surface area contributed by atoms with Gasteiger partial charge in [-0.25, -0.2) is 4.39 Å². The molecular formula is C19H22FN3O2. The van der Waals surface area contributed by atoms with Gasteiger partial charge in [-0.1, -0.05) is 13.8 Å². The summed E-state index contributed by atoms with van der Waals surface area (Å²) in [5.41, 5.74) is 6.38. The molecule has 0 unspecified atom stereocenters. The first kappa shape index (κ1) is 17.4. The van der Waals surface area contributed by atoms with E-state index in [4.69, 9.17) is 10.5 Å². The summed E-state index contributed by atoms with van der Waals surface area (Å²) < 4.78 is 20.4. The zero-order valence-electron chi connectivity index (χ0n) is 14.6. The molecule has 3 aromatic rings. The van der Waals surface area contributed by atoms with Crippen LogP contribution in [0.3, 0.4) is 0 Å². The van der Waals surface area contributed by atoms with E-state index in [1.54, 1.807) is 31.3 Å². The molecule has 2 aromatic heterocycles. The molecule has 0 aliphatic rings. The van der Waals surface area contributed by atoms with Crippen LogP contribution in [0.4, 0.5) is 4.39 Å². The molecule has 0 spiro atoms. The number of pyridine rings is 2. The van der Waals surface area contributed by atoms with Gasteiger partial charge in [-0.2, -0.15) is 0 Å². The Bertz CT molecular complexity index is 982. The van der Waals surface area contributed by atoms with Gasteiger partial charge in [-0.15, -0.1) is 0 Å². The molecule has 0 bridgehead atoms. The van der Waals surface area contributed by atoms with Crippen LogP contribution in [-0.2, 0) is 0 Å². The number of aromatic amines is 1. The monoisotopic (exact) mass is 343 g/mol. The smallest absolute Gasteiger partial charge is 0.258 e. The summed E-state index contributed by atoms with van der Waals surface area (Å²) in [4.78, 5) is 19.1. The number of nitrogens with one attached hydrogen (secondary N) is 1. The Balaban J connectivity index is 2.03. The molecule has 3 N–H and O–H groups in total. The average Bonchev–Trinajstić information content (AvgIpc) is 2.54. The van der Waals surface area contributed by atoms with Gasteiger partial charge < -0.3 is 15.5 Å². The van der Waals surface area contributed by atoms with E-state index in [-0.39, 0.29) is 29.5 Å². The van der Waals surface area contributed by atoms with E-state index in [1.807, 2.05) is 0 Å². The molecule has 1 atom stereocenters. The summed E-state index contributed by atoms with van der Waals surface area (Å²) in [6.07, 6.45) is 2.41. The Morgan fingerprint density at radius 1 is 1.28 bits per heavy atom. The number of benzene rings is 1. The van der Waals surface area contributed by atoms with E-state index in [9.17, 15) is 9.18 Å². The second-order valence-corrected chi connectivity index (χ2v) is 6.77. The van der Waals surface area contributed by atoms with Crippen LogP contribution in [0, 0.1) is 18.7 Å². The van der Waals surface area contributed by atoms with Crippen molar-refractivity contribution in [3.63, 3.8) is 0 Å².